The molecule has 0 aromatic rings. The van der Waals surface area contributed by atoms with E-state index in [9.17, 15) is 61.0 Å². The van der Waals surface area contributed by atoms with E-state index in [1.165, 1.54) is 212 Å². The van der Waals surface area contributed by atoms with Crippen LogP contribution in [0.2, 0.25) is 0 Å². The highest BCUT2D eigenvalue weighted by Crippen LogP contribution is 2.33. The Balaban J connectivity index is 1.41. The van der Waals surface area contributed by atoms with Gasteiger partial charge >= 0.3 is 0 Å². The van der Waals surface area contributed by atoms with Crippen LogP contribution in [0.25, 0.3) is 0 Å². The molecule has 0 saturated carbocycles. The van der Waals surface area contributed by atoms with Gasteiger partial charge in [0.1, 0.15) is 73.2 Å². The summed E-state index contributed by atoms with van der Waals surface area (Å²) in [6, 6.07) is -0.986. The molecule has 12 N–H and O–H groups in total. The topological polar surface area (TPSA) is 307 Å². The Morgan fingerprint density at radius 2 is 0.719 bits per heavy atom. The van der Waals surface area contributed by atoms with E-state index in [2.05, 4.69) is 31.3 Å². The standard InChI is InChI=1S/C70H131NO18/c1-3-5-7-9-11-13-15-17-19-21-22-23-24-25-26-27-28-29-30-32-34-36-38-40-42-44-46-48-58(76)71-53(54(75)47-45-43-41-39-37-35-33-31-20-18-16-14-12-10-8-6-4-2)52-84-68-64(82)61(79)66(56(50-73)86-68)89-70-65(83)62(80)67(57(51-74)87-70)88-69-63(81)60(78)59(77)55(49-72)85-69/h37,39,45,47,53-57,59-70,72-75,77-83H,3-36,38,40-44,46,48-52H2,1-2H3,(H,71,76)/b39-37+,47-45+. The molecule has 3 rings (SSSR count). The Hall–Kier alpha value is -1.73. The van der Waals surface area contributed by atoms with Crippen LogP contribution in [0.5, 0.6) is 0 Å². The van der Waals surface area contributed by atoms with Gasteiger partial charge in [0, 0.05) is 6.42 Å². The van der Waals surface area contributed by atoms with Gasteiger partial charge in [0.05, 0.1) is 38.6 Å². The molecule has 17 unspecified atom stereocenters. The van der Waals surface area contributed by atoms with Gasteiger partial charge in [-0.1, -0.05) is 269 Å². The molecule has 0 aromatic carbocycles. The van der Waals surface area contributed by atoms with Gasteiger partial charge in [-0.2, -0.15) is 0 Å². The molecule has 1 amide bonds. The van der Waals surface area contributed by atoms with Gasteiger partial charge in [-0.25, -0.2) is 0 Å². The van der Waals surface area contributed by atoms with E-state index in [1.807, 2.05) is 6.08 Å². The smallest absolute Gasteiger partial charge is 0.220 e. The van der Waals surface area contributed by atoms with Gasteiger partial charge < -0.3 is 89.9 Å². The second kappa shape index (κ2) is 52.5. The number of aliphatic hydroxyl groups excluding tert-OH is 11. The number of allylic oxidation sites excluding steroid dienone is 3. The first-order valence-corrected chi connectivity index (χ1v) is 36.1. The van der Waals surface area contributed by atoms with Crippen molar-refractivity contribution in [1.82, 2.24) is 5.32 Å². The molecule has 0 aliphatic carbocycles. The zero-order valence-corrected chi connectivity index (χ0v) is 55.4. The van der Waals surface area contributed by atoms with Crippen molar-refractivity contribution in [2.45, 2.75) is 388 Å². The first kappa shape index (κ1) is 81.5. The van der Waals surface area contributed by atoms with Crippen molar-refractivity contribution in [2.24, 2.45) is 0 Å². The lowest BCUT2D eigenvalue weighted by Crippen LogP contribution is -2.66. The Bertz CT molecular complexity index is 1710. The second-order valence-electron chi connectivity index (χ2n) is 26.1. The molecule has 19 heteroatoms. The third-order valence-corrected chi connectivity index (χ3v) is 18.3. The molecule has 17 atom stereocenters. The molecule has 89 heavy (non-hydrogen) atoms. The predicted octanol–water partition coefficient (Wildman–Crippen LogP) is 9.83. The number of carbonyl (C=O) groups excluding carboxylic acids is 1. The van der Waals surface area contributed by atoms with Crippen molar-refractivity contribution in [3.8, 4) is 0 Å². The van der Waals surface area contributed by atoms with Gasteiger partial charge in [-0.15, -0.1) is 0 Å². The lowest BCUT2D eigenvalue weighted by molar-refractivity contribution is -0.379. The Labute approximate surface area is 537 Å². The zero-order valence-electron chi connectivity index (χ0n) is 55.4. The summed E-state index contributed by atoms with van der Waals surface area (Å²) in [5.41, 5.74) is 0. The van der Waals surface area contributed by atoms with Crippen LogP contribution in [-0.4, -0.2) is 193 Å². The van der Waals surface area contributed by atoms with E-state index < -0.39 is 124 Å². The van der Waals surface area contributed by atoms with Crippen molar-refractivity contribution in [2.75, 3.05) is 26.4 Å². The van der Waals surface area contributed by atoms with Crippen molar-refractivity contribution < 1.29 is 89.4 Å². The normalized spacial score (nSPS) is 28.3. The van der Waals surface area contributed by atoms with Crippen molar-refractivity contribution in [1.29, 1.82) is 0 Å². The van der Waals surface area contributed by atoms with Crippen LogP contribution in [0.1, 0.15) is 284 Å². The summed E-state index contributed by atoms with van der Waals surface area (Å²) in [4.78, 5) is 13.4. The number of nitrogens with one attached hydrogen (secondary N) is 1. The van der Waals surface area contributed by atoms with Crippen LogP contribution in [-0.2, 0) is 33.2 Å². The minimum Gasteiger partial charge on any atom is -0.394 e. The molecule has 0 radical (unpaired) electrons. The van der Waals surface area contributed by atoms with Crippen LogP contribution in [0.3, 0.4) is 0 Å². The molecule has 0 bridgehead atoms. The van der Waals surface area contributed by atoms with E-state index >= 15 is 0 Å². The van der Waals surface area contributed by atoms with Gasteiger partial charge in [-0.3, -0.25) is 4.79 Å². The minimum atomic E-state index is -1.98. The van der Waals surface area contributed by atoms with E-state index in [0.29, 0.717) is 12.8 Å². The first-order chi connectivity index (χ1) is 43.3. The summed E-state index contributed by atoms with van der Waals surface area (Å²) in [5.74, 6) is -0.280. The summed E-state index contributed by atoms with van der Waals surface area (Å²) in [7, 11) is 0. The third kappa shape index (κ3) is 34.5. The molecular formula is C70H131NO18. The van der Waals surface area contributed by atoms with Crippen LogP contribution in [0.4, 0.5) is 0 Å². The van der Waals surface area contributed by atoms with Crippen LogP contribution in [0.15, 0.2) is 24.3 Å². The van der Waals surface area contributed by atoms with Gasteiger partial charge in [0.25, 0.3) is 0 Å². The van der Waals surface area contributed by atoms with Gasteiger partial charge in [0.15, 0.2) is 18.9 Å². The van der Waals surface area contributed by atoms with E-state index in [-0.39, 0.29) is 18.9 Å². The fraction of sp³-hybridized carbons (Fsp3) is 0.929. The number of unbranched alkanes of at least 4 members (excludes halogenated alkanes) is 38. The zero-order chi connectivity index (χ0) is 64.7. The fourth-order valence-electron chi connectivity index (χ4n) is 12.4. The molecular weight excluding hydrogens is 1140 g/mol. The van der Waals surface area contributed by atoms with Crippen LogP contribution < -0.4 is 5.32 Å². The SMILES string of the molecule is CCCCCCCCCCCCC/C=C/CC/C=C/C(O)C(COC1OC(CO)C(OC2OC(CO)C(OC3OC(CO)C(O)C(O)C3O)C(O)C2O)C(O)C1O)NC(=O)CCCCCCCCCCCCCCCCCCCCCCCCCCCCC. The number of rotatable bonds is 56. The van der Waals surface area contributed by atoms with Crippen LogP contribution in [0, 0.1) is 0 Å². The Morgan fingerprint density at radius 3 is 1.12 bits per heavy atom. The number of ether oxygens (including phenoxy) is 6. The summed E-state index contributed by atoms with van der Waals surface area (Å²) >= 11 is 0. The monoisotopic (exact) mass is 1270 g/mol. The minimum absolute atomic E-state index is 0.241. The fourth-order valence-corrected chi connectivity index (χ4v) is 12.4. The van der Waals surface area contributed by atoms with Gasteiger partial charge in [-0.05, 0) is 32.1 Å². The average molecular weight is 1270 g/mol. The molecule has 19 nitrogen and oxygen atoms in total. The first-order valence-electron chi connectivity index (χ1n) is 36.1. The summed E-state index contributed by atoms with van der Waals surface area (Å²) in [5, 5.41) is 120. The summed E-state index contributed by atoms with van der Waals surface area (Å²) in [6.45, 7) is 1.75. The highest BCUT2D eigenvalue weighted by molar-refractivity contribution is 5.76. The summed E-state index contributed by atoms with van der Waals surface area (Å²) < 4.78 is 34.3. The molecule has 3 saturated heterocycles. The molecule has 3 fully saturated rings. The van der Waals surface area contributed by atoms with Crippen molar-refractivity contribution in [3.05, 3.63) is 24.3 Å². The second-order valence-corrected chi connectivity index (χ2v) is 26.1. The number of hydrogen-bond acceptors (Lipinski definition) is 18. The maximum atomic E-state index is 13.4. The van der Waals surface area contributed by atoms with E-state index in [0.717, 1.165) is 38.5 Å². The molecule has 0 spiro atoms. The lowest BCUT2D eigenvalue weighted by atomic mass is 9.96. The third-order valence-electron chi connectivity index (χ3n) is 18.3. The highest BCUT2D eigenvalue weighted by Gasteiger charge is 2.53. The lowest BCUT2D eigenvalue weighted by Gasteiger charge is -2.48. The van der Waals surface area contributed by atoms with Crippen molar-refractivity contribution in [3.63, 3.8) is 0 Å². The van der Waals surface area contributed by atoms with Crippen LogP contribution >= 0.6 is 0 Å². The van der Waals surface area contributed by atoms with Crippen molar-refractivity contribution >= 4 is 5.91 Å². The number of hydrogen-bond donors (Lipinski definition) is 12. The largest absolute Gasteiger partial charge is 0.394 e. The highest BCUT2D eigenvalue weighted by atomic mass is 16.8. The maximum absolute atomic E-state index is 13.4. The van der Waals surface area contributed by atoms with E-state index in [1.54, 1.807) is 6.08 Å². The predicted molar refractivity (Wildman–Crippen MR) is 346 cm³/mol. The quantitative estimate of drug-likeness (QED) is 0.0199. The summed E-state index contributed by atoms with van der Waals surface area (Å²) in [6.07, 6.45) is 33.1. The number of carbonyl (C=O) groups is 1. The molecule has 3 aliphatic heterocycles. The van der Waals surface area contributed by atoms with Gasteiger partial charge in [0.2, 0.25) is 5.91 Å². The Morgan fingerprint density at radius 1 is 0.393 bits per heavy atom. The molecule has 524 valence electrons. The van der Waals surface area contributed by atoms with E-state index in [4.69, 9.17) is 28.4 Å². The Kier molecular flexibility index (Phi) is 48.1. The number of aliphatic hydroxyl groups is 11. The molecule has 3 aliphatic rings. The molecule has 0 aromatic heterocycles. The average Bonchev–Trinajstić information content (AvgIpc) is 1.91. The maximum Gasteiger partial charge on any atom is 0.220 e. The number of amides is 1. The molecule has 3 heterocycles.